The van der Waals surface area contributed by atoms with Crippen LogP contribution in [0.25, 0.3) is 0 Å². The first kappa shape index (κ1) is 16.2. The summed E-state index contributed by atoms with van der Waals surface area (Å²) < 4.78 is 11.8. The van der Waals surface area contributed by atoms with E-state index in [4.69, 9.17) is 15.2 Å². The molecule has 0 spiro atoms. The van der Waals surface area contributed by atoms with Crippen molar-refractivity contribution in [1.29, 1.82) is 0 Å². The van der Waals surface area contributed by atoms with Crippen molar-refractivity contribution in [3.8, 4) is 5.75 Å². The standard InChI is InChI=1S/C16H21N3O3/c1-3-22-13-6-4-12(5-7-13)16(17)14-8-9-15(20)19(18-14)10-11-21-2/h4-9,16H,3,10-11,17H2,1-2H3. The van der Waals surface area contributed by atoms with Crippen LogP contribution in [-0.2, 0) is 11.3 Å². The van der Waals surface area contributed by atoms with Crippen LogP contribution in [0, 0.1) is 0 Å². The Balaban J connectivity index is 2.21. The topological polar surface area (TPSA) is 79.4 Å². The summed E-state index contributed by atoms with van der Waals surface area (Å²) in [7, 11) is 1.58. The normalized spacial score (nSPS) is 12.1. The first-order valence-corrected chi connectivity index (χ1v) is 7.21. The van der Waals surface area contributed by atoms with Gasteiger partial charge in [-0.25, -0.2) is 4.68 Å². The zero-order chi connectivity index (χ0) is 15.9. The van der Waals surface area contributed by atoms with Gasteiger partial charge in [0.2, 0.25) is 0 Å². The number of aromatic nitrogens is 2. The zero-order valence-electron chi connectivity index (χ0n) is 12.9. The zero-order valence-corrected chi connectivity index (χ0v) is 12.9. The molecule has 0 radical (unpaired) electrons. The molecule has 0 aliphatic carbocycles. The molecule has 0 aliphatic heterocycles. The molecule has 0 amide bonds. The fourth-order valence-electron chi connectivity index (χ4n) is 2.08. The van der Waals surface area contributed by atoms with E-state index in [0.29, 0.717) is 25.5 Å². The molecule has 0 saturated heterocycles. The molecule has 1 aromatic heterocycles. The highest BCUT2D eigenvalue weighted by Gasteiger charge is 2.12. The summed E-state index contributed by atoms with van der Waals surface area (Å²) in [6, 6.07) is 10.3. The molecule has 6 heteroatoms. The van der Waals surface area contributed by atoms with E-state index in [9.17, 15) is 4.79 Å². The number of benzene rings is 1. The molecule has 1 heterocycles. The summed E-state index contributed by atoms with van der Waals surface area (Å²) in [5.41, 5.74) is 7.62. The van der Waals surface area contributed by atoms with Crippen LogP contribution in [0.4, 0.5) is 0 Å². The largest absolute Gasteiger partial charge is 0.494 e. The van der Waals surface area contributed by atoms with E-state index in [1.807, 2.05) is 31.2 Å². The third-order valence-corrected chi connectivity index (χ3v) is 3.26. The summed E-state index contributed by atoms with van der Waals surface area (Å²) in [5.74, 6) is 0.802. The van der Waals surface area contributed by atoms with Crippen molar-refractivity contribution in [2.45, 2.75) is 19.5 Å². The van der Waals surface area contributed by atoms with Crippen LogP contribution >= 0.6 is 0 Å². The minimum Gasteiger partial charge on any atom is -0.494 e. The lowest BCUT2D eigenvalue weighted by atomic mass is 10.0. The lowest BCUT2D eigenvalue weighted by Gasteiger charge is -2.14. The van der Waals surface area contributed by atoms with E-state index in [0.717, 1.165) is 11.3 Å². The molecule has 0 fully saturated rings. The molecule has 2 N–H and O–H groups in total. The maximum atomic E-state index is 11.7. The van der Waals surface area contributed by atoms with Crippen LogP contribution in [0.15, 0.2) is 41.2 Å². The van der Waals surface area contributed by atoms with Crippen molar-refractivity contribution >= 4 is 0 Å². The molecule has 1 aromatic carbocycles. The molecule has 1 unspecified atom stereocenters. The molecule has 0 aliphatic rings. The van der Waals surface area contributed by atoms with Crippen LogP contribution in [0.5, 0.6) is 5.75 Å². The number of ether oxygens (including phenoxy) is 2. The minimum absolute atomic E-state index is 0.167. The van der Waals surface area contributed by atoms with Crippen LogP contribution in [-0.4, -0.2) is 30.1 Å². The van der Waals surface area contributed by atoms with Crippen molar-refractivity contribution < 1.29 is 9.47 Å². The molecule has 1 atom stereocenters. The van der Waals surface area contributed by atoms with Crippen molar-refractivity contribution in [3.63, 3.8) is 0 Å². The van der Waals surface area contributed by atoms with Gasteiger partial charge in [0, 0.05) is 13.2 Å². The summed E-state index contributed by atoms with van der Waals surface area (Å²) in [6.45, 7) is 3.39. The number of rotatable bonds is 7. The highest BCUT2D eigenvalue weighted by atomic mass is 16.5. The second-order valence-electron chi connectivity index (χ2n) is 4.79. The highest BCUT2D eigenvalue weighted by Crippen LogP contribution is 2.20. The van der Waals surface area contributed by atoms with E-state index in [-0.39, 0.29) is 5.56 Å². The molecule has 118 valence electrons. The average Bonchev–Trinajstić information content (AvgIpc) is 2.54. The monoisotopic (exact) mass is 303 g/mol. The lowest BCUT2D eigenvalue weighted by Crippen LogP contribution is -2.27. The Morgan fingerprint density at radius 3 is 2.59 bits per heavy atom. The number of hydrogen-bond acceptors (Lipinski definition) is 5. The van der Waals surface area contributed by atoms with Gasteiger partial charge >= 0.3 is 0 Å². The van der Waals surface area contributed by atoms with Gasteiger partial charge in [0.15, 0.2) is 0 Å². The summed E-state index contributed by atoms with van der Waals surface area (Å²) >= 11 is 0. The van der Waals surface area contributed by atoms with E-state index < -0.39 is 6.04 Å². The van der Waals surface area contributed by atoms with Crippen molar-refractivity contribution in [2.75, 3.05) is 20.3 Å². The quantitative estimate of drug-likeness (QED) is 0.835. The maximum absolute atomic E-state index is 11.7. The maximum Gasteiger partial charge on any atom is 0.266 e. The third-order valence-electron chi connectivity index (χ3n) is 3.26. The first-order valence-electron chi connectivity index (χ1n) is 7.21. The van der Waals surface area contributed by atoms with Gasteiger partial charge in [-0.3, -0.25) is 4.79 Å². The molecule has 2 rings (SSSR count). The fraction of sp³-hybridized carbons (Fsp3) is 0.375. The van der Waals surface area contributed by atoms with Crippen molar-refractivity contribution in [3.05, 3.63) is 58.0 Å². The molecule has 6 nitrogen and oxygen atoms in total. The Morgan fingerprint density at radius 2 is 1.95 bits per heavy atom. The Hall–Kier alpha value is -2.18. The van der Waals surface area contributed by atoms with Crippen LogP contribution in [0.3, 0.4) is 0 Å². The fourth-order valence-corrected chi connectivity index (χ4v) is 2.08. The first-order chi connectivity index (χ1) is 10.7. The highest BCUT2D eigenvalue weighted by molar-refractivity contribution is 5.32. The van der Waals surface area contributed by atoms with Crippen LogP contribution < -0.4 is 16.0 Å². The average molecular weight is 303 g/mol. The molecule has 0 saturated carbocycles. The van der Waals surface area contributed by atoms with Crippen LogP contribution in [0.2, 0.25) is 0 Å². The van der Waals surface area contributed by atoms with Gasteiger partial charge in [-0.1, -0.05) is 12.1 Å². The molecular weight excluding hydrogens is 282 g/mol. The van der Waals surface area contributed by atoms with Crippen molar-refractivity contribution in [1.82, 2.24) is 9.78 Å². The van der Waals surface area contributed by atoms with Crippen LogP contribution in [0.1, 0.15) is 24.2 Å². The van der Waals surface area contributed by atoms with Gasteiger partial charge < -0.3 is 15.2 Å². The van der Waals surface area contributed by atoms with E-state index in [1.54, 1.807) is 13.2 Å². The van der Waals surface area contributed by atoms with E-state index in [2.05, 4.69) is 5.10 Å². The molecule has 2 aromatic rings. The molecule has 0 bridgehead atoms. The predicted molar refractivity (Wildman–Crippen MR) is 84.0 cm³/mol. The lowest BCUT2D eigenvalue weighted by molar-refractivity contribution is 0.181. The predicted octanol–water partition coefficient (Wildman–Crippen LogP) is 1.34. The van der Waals surface area contributed by atoms with Gasteiger partial charge in [-0.2, -0.15) is 5.10 Å². The smallest absolute Gasteiger partial charge is 0.266 e. The van der Waals surface area contributed by atoms with Gasteiger partial charge in [0.25, 0.3) is 5.56 Å². The SMILES string of the molecule is CCOc1ccc(C(N)c2ccc(=O)n(CCOC)n2)cc1. The minimum atomic E-state index is -0.398. The van der Waals surface area contributed by atoms with Crippen molar-refractivity contribution in [2.24, 2.45) is 5.73 Å². The Labute approximate surface area is 129 Å². The van der Waals surface area contributed by atoms with Gasteiger partial charge in [-0.05, 0) is 30.7 Å². The van der Waals surface area contributed by atoms with Gasteiger partial charge in [0.05, 0.1) is 31.5 Å². The van der Waals surface area contributed by atoms with Gasteiger partial charge in [0.1, 0.15) is 5.75 Å². The third kappa shape index (κ3) is 3.93. The molecular formula is C16H21N3O3. The number of methoxy groups -OCH3 is 1. The Morgan fingerprint density at radius 1 is 1.23 bits per heavy atom. The Kier molecular flexibility index (Phi) is 5.68. The summed E-state index contributed by atoms with van der Waals surface area (Å²) in [4.78, 5) is 11.7. The summed E-state index contributed by atoms with van der Waals surface area (Å²) in [6.07, 6.45) is 0. The second kappa shape index (κ2) is 7.72. The summed E-state index contributed by atoms with van der Waals surface area (Å²) in [5, 5.41) is 4.31. The Bertz CT molecular complexity index is 652. The molecule has 22 heavy (non-hydrogen) atoms. The number of hydrogen-bond donors (Lipinski definition) is 1. The number of nitrogens with zero attached hydrogens (tertiary/aromatic N) is 2. The second-order valence-corrected chi connectivity index (χ2v) is 4.79. The van der Waals surface area contributed by atoms with Gasteiger partial charge in [-0.15, -0.1) is 0 Å². The van der Waals surface area contributed by atoms with E-state index in [1.165, 1.54) is 10.7 Å². The van der Waals surface area contributed by atoms with E-state index >= 15 is 0 Å². The number of nitrogens with two attached hydrogens (primary N) is 1.